The molecule has 57 heavy (non-hydrogen) atoms. The van der Waals surface area contributed by atoms with Crippen LogP contribution in [0.1, 0.15) is 41.6 Å². The Morgan fingerprint density at radius 1 is 0.930 bits per heavy atom. The first-order valence-corrected chi connectivity index (χ1v) is 20.6. The summed E-state index contributed by atoms with van der Waals surface area (Å²) in [5.41, 5.74) is 4.56. The van der Waals surface area contributed by atoms with Crippen molar-refractivity contribution in [2.45, 2.75) is 44.3 Å². The highest BCUT2D eigenvalue weighted by molar-refractivity contribution is 7.62. The van der Waals surface area contributed by atoms with Crippen molar-refractivity contribution in [1.82, 2.24) is 25.5 Å². The van der Waals surface area contributed by atoms with Crippen molar-refractivity contribution in [3.05, 3.63) is 83.0 Å². The number of carbonyl (C=O) groups excluding carboxylic acids is 3. The van der Waals surface area contributed by atoms with Gasteiger partial charge in [0.2, 0.25) is 17.8 Å². The van der Waals surface area contributed by atoms with Gasteiger partial charge in [-0.05, 0) is 67.3 Å². The molecule has 0 radical (unpaired) electrons. The number of ether oxygens (including phenoxy) is 1. The Morgan fingerprint density at radius 3 is 2.47 bits per heavy atom. The molecule has 1 unspecified atom stereocenters. The number of nitrogens with zero attached hydrogens (tertiary/aromatic N) is 4. The first kappa shape index (κ1) is 40.0. The van der Waals surface area contributed by atoms with Crippen LogP contribution in [0, 0.1) is 0 Å². The minimum absolute atomic E-state index is 0.176. The summed E-state index contributed by atoms with van der Waals surface area (Å²) in [7, 11) is 0.704. The first-order chi connectivity index (χ1) is 27.6. The summed E-state index contributed by atoms with van der Waals surface area (Å²) in [6.07, 6.45) is 3.99. The number of amides is 3. The molecule has 0 bridgehead atoms. The molecule has 0 saturated carbocycles. The number of aromatic nitrogens is 2. The van der Waals surface area contributed by atoms with Crippen molar-refractivity contribution in [2.75, 3.05) is 68.4 Å². The van der Waals surface area contributed by atoms with Crippen LogP contribution in [0.15, 0.2) is 66.9 Å². The number of nitrogens with one attached hydrogen (secondary N) is 5. The summed E-state index contributed by atoms with van der Waals surface area (Å²) in [6, 6.07) is 18.3. The van der Waals surface area contributed by atoms with E-state index >= 15 is 0 Å². The lowest BCUT2D eigenvalue weighted by Gasteiger charge is -2.34. The number of fused-ring (bicyclic) bond motifs is 1. The molecule has 3 aliphatic heterocycles. The van der Waals surface area contributed by atoms with E-state index in [0.29, 0.717) is 59.4 Å². The Bertz CT molecular complexity index is 2200. The van der Waals surface area contributed by atoms with Crippen LogP contribution in [0.3, 0.4) is 0 Å². The number of methoxy groups -OCH3 is 1. The minimum atomic E-state index is -3.56. The molecular weight excluding hydrogens is 773 g/mol. The molecule has 2 fully saturated rings. The third kappa shape index (κ3) is 8.85. The van der Waals surface area contributed by atoms with Gasteiger partial charge in [-0.2, -0.15) is 4.98 Å². The molecule has 16 nitrogen and oxygen atoms in total. The van der Waals surface area contributed by atoms with Gasteiger partial charge in [-0.3, -0.25) is 24.3 Å². The van der Waals surface area contributed by atoms with Gasteiger partial charge in [0.15, 0.2) is 5.82 Å². The highest BCUT2D eigenvalue weighted by Crippen LogP contribution is 2.47. The van der Waals surface area contributed by atoms with Gasteiger partial charge in [0, 0.05) is 82.4 Å². The molecule has 4 heterocycles. The maximum Gasteiger partial charge on any atom is 0.362 e. The Hall–Kier alpha value is -5.25. The largest absolute Gasteiger partial charge is 0.494 e. The van der Waals surface area contributed by atoms with Crippen LogP contribution in [-0.4, -0.2) is 92.2 Å². The van der Waals surface area contributed by atoms with E-state index in [9.17, 15) is 18.9 Å². The quantitative estimate of drug-likeness (QED) is 0.0601. The third-order valence-corrected chi connectivity index (χ3v) is 12.6. The van der Waals surface area contributed by atoms with E-state index in [1.165, 1.54) is 20.4 Å². The van der Waals surface area contributed by atoms with Gasteiger partial charge in [-0.1, -0.05) is 23.7 Å². The molecule has 3 amide bonds. The SMILES string of the molecule is COc1cc(N2CCC(NCCNc3ccc4c(c3)CN(C3CCC(=O)NC3=O)C4=O)CC2)ccc1Nc1ncc(Cl)c(Nc2ccccc2P(=O)(OC)OC)n1. The molecule has 0 spiro atoms. The zero-order valence-electron chi connectivity index (χ0n) is 31.8. The standard InChI is InChI=1S/C39H45ClN9O7P/c1-54-33-21-27(9-11-30(33)45-39-43-22-29(40)36(47-39)44-31-6-4-5-7-34(31)57(53,55-2)56-3)48-18-14-25(15-19-48)41-16-17-42-26-8-10-28-24(20-26)23-49(38(28)52)32-12-13-35(50)46-37(32)51/h4-11,20-22,25,32,41-42H,12-19,23H2,1-3H3,(H,46,50,51)(H2,43,44,45,47). The minimum Gasteiger partial charge on any atom is -0.494 e. The maximum atomic E-state index is 13.2. The summed E-state index contributed by atoms with van der Waals surface area (Å²) in [6.45, 7) is 3.58. The molecule has 1 atom stereocenters. The normalized spacial score (nSPS) is 17.3. The second-order valence-corrected chi connectivity index (χ2v) is 16.4. The van der Waals surface area contributed by atoms with Gasteiger partial charge in [0.1, 0.15) is 16.8 Å². The summed E-state index contributed by atoms with van der Waals surface area (Å²) in [5.74, 6) is 0.312. The number of anilines is 6. The number of rotatable bonds is 15. The maximum absolute atomic E-state index is 13.2. The zero-order chi connectivity index (χ0) is 40.1. The molecular formula is C39H45ClN9O7P. The van der Waals surface area contributed by atoms with E-state index in [-0.39, 0.29) is 29.2 Å². The van der Waals surface area contributed by atoms with E-state index in [2.05, 4.69) is 41.5 Å². The number of hydrogen-bond acceptors (Lipinski definition) is 14. The van der Waals surface area contributed by atoms with E-state index in [1.807, 2.05) is 36.4 Å². The average molecular weight is 818 g/mol. The van der Waals surface area contributed by atoms with Crippen LogP contribution in [-0.2, 0) is 29.7 Å². The lowest BCUT2D eigenvalue weighted by atomic mass is 10.0. The predicted molar refractivity (Wildman–Crippen MR) is 219 cm³/mol. The van der Waals surface area contributed by atoms with Gasteiger partial charge in [0.25, 0.3) is 5.91 Å². The van der Waals surface area contributed by atoms with Gasteiger partial charge >= 0.3 is 7.60 Å². The van der Waals surface area contributed by atoms with Crippen LogP contribution in [0.2, 0.25) is 5.02 Å². The summed E-state index contributed by atoms with van der Waals surface area (Å²) in [5, 5.41) is 16.4. The van der Waals surface area contributed by atoms with Crippen LogP contribution >= 0.6 is 19.2 Å². The molecule has 7 rings (SSSR count). The van der Waals surface area contributed by atoms with Gasteiger partial charge in [0.05, 0.1) is 30.0 Å². The first-order valence-electron chi connectivity index (χ1n) is 18.6. The highest BCUT2D eigenvalue weighted by atomic mass is 35.5. The Morgan fingerprint density at radius 2 is 1.72 bits per heavy atom. The van der Waals surface area contributed by atoms with Crippen molar-refractivity contribution in [2.24, 2.45) is 0 Å². The number of para-hydroxylation sites is 1. The summed E-state index contributed by atoms with van der Waals surface area (Å²) in [4.78, 5) is 49.8. The number of piperidine rings is 2. The molecule has 4 aromatic rings. The Balaban J connectivity index is 0.892. The van der Waals surface area contributed by atoms with E-state index in [1.54, 1.807) is 36.3 Å². The van der Waals surface area contributed by atoms with E-state index in [0.717, 1.165) is 49.4 Å². The smallest absolute Gasteiger partial charge is 0.362 e. The van der Waals surface area contributed by atoms with Crippen LogP contribution in [0.25, 0.3) is 0 Å². The fourth-order valence-corrected chi connectivity index (χ4v) is 8.72. The number of carbonyl (C=O) groups is 3. The fraction of sp³-hybridized carbons (Fsp3) is 0.359. The summed E-state index contributed by atoms with van der Waals surface area (Å²) >= 11 is 6.46. The van der Waals surface area contributed by atoms with E-state index < -0.39 is 19.5 Å². The Kier molecular flexibility index (Phi) is 12.3. The zero-order valence-corrected chi connectivity index (χ0v) is 33.5. The van der Waals surface area contributed by atoms with Crippen molar-refractivity contribution < 1.29 is 32.7 Å². The van der Waals surface area contributed by atoms with Crippen LogP contribution < -0.4 is 41.5 Å². The monoisotopic (exact) mass is 817 g/mol. The van der Waals surface area contributed by atoms with Gasteiger partial charge < -0.3 is 44.9 Å². The lowest BCUT2D eigenvalue weighted by molar-refractivity contribution is -0.136. The Labute approximate surface area is 335 Å². The number of benzene rings is 3. The number of imide groups is 1. The summed E-state index contributed by atoms with van der Waals surface area (Å²) < 4.78 is 29.3. The van der Waals surface area contributed by atoms with Crippen molar-refractivity contribution in [3.63, 3.8) is 0 Å². The molecule has 0 aliphatic carbocycles. The number of hydrogen-bond donors (Lipinski definition) is 5. The highest BCUT2D eigenvalue weighted by Gasteiger charge is 2.39. The average Bonchev–Trinajstić information content (AvgIpc) is 3.55. The van der Waals surface area contributed by atoms with Gasteiger partial charge in [-0.25, -0.2) is 4.98 Å². The molecule has 2 saturated heterocycles. The van der Waals surface area contributed by atoms with Gasteiger partial charge in [-0.15, -0.1) is 0 Å². The van der Waals surface area contributed by atoms with Crippen molar-refractivity contribution in [1.29, 1.82) is 0 Å². The molecule has 5 N–H and O–H groups in total. The molecule has 1 aromatic heterocycles. The predicted octanol–water partition coefficient (Wildman–Crippen LogP) is 5.17. The fourth-order valence-electron chi connectivity index (χ4n) is 7.34. The topological polar surface area (TPSA) is 188 Å². The third-order valence-electron chi connectivity index (χ3n) is 10.4. The molecule has 300 valence electrons. The molecule has 3 aromatic carbocycles. The second-order valence-electron chi connectivity index (χ2n) is 13.8. The second kappa shape index (κ2) is 17.5. The van der Waals surface area contributed by atoms with Crippen molar-refractivity contribution >= 4 is 76.7 Å². The molecule has 18 heteroatoms. The van der Waals surface area contributed by atoms with Crippen LogP contribution in [0.5, 0.6) is 5.75 Å². The van der Waals surface area contributed by atoms with Crippen LogP contribution in [0.4, 0.5) is 34.5 Å². The number of halogens is 1. The van der Waals surface area contributed by atoms with Crippen molar-refractivity contribution in [3.8, 4) is 5.75 Å². The molecule has 3 aliphatic rings. The van der Waals surface area contributed by atoms with E-state index in [4.69, 9.17) is 25.4 Å². The lowest BCUT2D eigenvalue weighted by Crippen LogP contribution is -2.52.